The van der Waals surface area contributed by atoms with Crippen molar-refractivity contribution in [3.05, 3.63) is 60.8 Å². The maximum Gasteiger partial charge on any atom is 0.258 e. The molecule has 0 saturated heterocycles. The smallest absolute Gasteiger partial charge is 0.258 e. The zero-order valence-corrected chi connectivity index (χ0v) is 13.4. The van der Waals surface area contributed by atoms with Crippen LogP contribution < -0.4 is 10.1 Å². The summed E-state index contributed by atoms with van der Waals surface area (Å²) < 4.78 is 12.3. The summed E-state index contributed by atoms with van der Waals surface area (Å²) in [4.78, 5) is 11.8. The maximum absolute atomic E-state index is 11.8. The van der Waals surface area contributed by atoms with Crippen LogP contribution in [-0.2, 0) is 11.3 Å². The van der Waals surface area contributed by atoms with E-state index in [0.717, 1.165) is 22.4 Å². The van der Waals surface area contributed by atoms with Crippen LogP contribution in [0.25, 0.3) is 11.1 Å². The zero-order chi connectivity index (χ0) is 16.8. The van der Waals surface area contributed by atoms with E-state index in [1.165, 1.54) is 0 Å². The van der Waals surface area contributed by atoms with Crippen LogP contribution in [-0.4, -0.2) is 28.8 Å². The van der Waals surface area contributed by atoms with Gasteiger partial charge in [-0.05, 0) is 24.6 Å². The van der Waals surface area contributed by atoms with Crippen molar-refractivity contribution in [3.63, 3.8) is 0 Å². The summed E-state index contributed by atoms with van der Waals surface area (Å²) >= 11 is 0. The van der Waals surface area contributed by atoms with Crippen molar-refractivity contribution in [3.8, 4) is 16.9 Å². The van der Waals surface area contributed by atoms with E-state index in [9.17, 15) is 4.79 Å². The third-order valence-electron chi connectivity index (χ3n) is 3.60. The van der Waals surface area contributed by atoms with E-state index in [4.69, 9.17) is 9.15 Å². The molecule has 1 amide bonds. The Morgan fingerprint density at radius 2 is 2.17 bits per heavy atom. The lowest BCUT2D eigenvalue weighted by Gasteiger charge is -2.09. The van der Waals surface area contributed by atoms with E-state index < -0.39 is 0 Å². The Bertz CT molecular complexity index is 793. The minimum absolute atomic E-state index is 0.00420. The predicted molar refractivity (Wildman–Crippen MR) is 89.6 cm³/mol. The van der Waals surface area contributed by atoms with E-state index in [1.54, 1.807) is 23.4 Å². The van der Waals surface area contributed by atoms with Gasteiger partial charge in [-0.25, -0.2) is 0 Å². The molecule has 0 atom stereocenters. The molecule has 3 rings (SSSR count). The van der Waals surface area contributed by atoms with Gasteiger partial charge in [0.2, 0.25) is 0 Å². The van der Waals surface area contributed by atoms with Crippen molar-refractivity contribution in [2.75, 3.05) is 13.2 Å². The molecule has 0 radical (unpaired) electrons. The number of hydrogen-bond acceptors (Lipinski definition) is 4. The molecular formula is C18H19N3O3. The molecule has 2 aromatic heterocycles. The molecular weight excluding hydrogens is 306 g/mol. The van der Waals surface area contributed by atoms with Gasteiger partial charge in [-0.1, -0.05) is 18.2 Å². The van der Waals surface area contributed by atoms with Gasteiger partial charge in [0, 0.05) is 23.9 Å². The number of carbonyl (C=O) groups excluding carboxylic acids is 1. The lowest BCUT2D eigenvalue weighted by molar-refractivity contribution is -0.123. The van der Waals surface area contributed by atoms with Crippen LogP contribution in [0.3, 0.4) is 0 Å². The monoisotopic (exact) mass is 325 g/mol. The van der Waals surface area contributed by atoms with Gasteiger partial charge in [0.25, 0.3) is 5.91 Å². The van der Waals surface area contributed by atoms with Crippen LogP contribution in [0.5, 0.6) is 5.75 Å². The van der Waals surface area contributed by atoms with Gasteiger partial charge in [-0.15, -0.1) is 0 Å². The molecule has 1 aromatic carbocycles. The first kappa shape index (κ1) is 15.9. The number of para-hydroxylation sites is 1. The lowest BCUT2D eigenvalue weighted by atomic mass is 10.2. The van der Waals surface area contributed by atoms with Crippen molar-refractivity contribution in [1.82, 2.24) is 15.1 Å². The number of hydrogen-bond donors (Lipinski definition) is 1. The number of carbonyl (C=O) groups is 1. The summed E-state index contributed by atoms with van der Waals surface area (Å²) in [5.41, 5.74) is 2.98. The van der Waals surface area contributed by atoms with Gasteiger partial charge in [-0.3, -0.25) is 9.48 Å². The zero-order valence-electron chi connectivity index (χ0n) is 13.4. The number of aromatic nitrogens is 2. The summed E-state index contributed by atoms with van der Waals surface area (Å²) in [7, 11) is 0. The fourth-order valence-corrected chi connectivity index (χ4v) is 2.29. The molecule has 0 aliphatic rings. The molecule has 0 aliphatic heterocycles. The fraction of sp³-hybridized carbons (Fsp3) is 0.222. The van der Waals surface area contributed by atoms with Gasteiger partial charge in [0.1, 0.15) is 5.75 Å². The summed E-state index contributed by atoms with van der Waals surface area (Å²) in [6.07, 6.45) is 6.99. The SMILES string of the molecule is Cc1ccccc1OCC(=O)NCCn1cc(-c2ccoc2)cn1. The maximum atomic E-state index is 11.8. The summed E-state index contributed by atoms with van der Waals surface area (Å²) in [5.74, 6) is 0.574. The Labute approximate surface area is 140 Å². The molecule has 6 nitrogen and oxygen atoms in total. The average molecular weight is 325 g/mol. The Balaban J connectivity index is 1.41. The Morgan fingerprint density at radius 1 is 1.29 bits per heavy atom. The van der Waals surface area contributed by atoms with Crippen molar-refractivity contribution in [2.24, 2.45) is 0 Å². The molecule has 0 unspecified atom stereocenters. The topological polar surface area (TPSA) is 69.3 Å². The minimum atomic E-state index is -0.152. The van der Waals surface area contributed by atoms with E-state index >= 15 is 0 Å². The van der Waals surface area contributed by atoms with Gasteiger partial charge >= 0.3 is 0 Å². The van der Waals surface area contributed by atoms with Crippen LogP contribution in [0, 0.1) is 6.92 Å². The first-order valence-electron chi connectivity index (χ1n) is 7.72. The van der Waals surface area contributed by atoms with Crippen LogP contribution >= 0.6 is 0 Å². The number of nitrogens with zero attached hydrogens (tertiary/aromatic N) is 2. The van der Waals surface area contributed by atoms with E-state index in [-0.39, 0.29) is 12.5 Å². The number of nitrogens with one attached hydrogen (secondary N) is 1. The molecule has 0 spiro atoms. The van der Waals surface area contributed by atoms with E-state index in [2.05, 4.69) is 10.4 Å². The molecule has 0 saturated carbocycles. The number of ether oxygens (including phenoxy) is 1. The molecule has 6 heteroatoms. The second kappa shape index (κ2) is 7.50. The lowest BCUT2D eigenvalue weighted by Crippen LogP contribution is -2.31. The number of amides is 1. The third-order valence-corrected chi connectivity index (χ3v) is 3.60. The van der Waals surface area contributed by atoms with Crippen LogP contribution in [0.4, 0.5) is 0 Å². The fourth-order valence-electron chi connectivity index (χ4n) is 2.29. The first-order chi connectivity index (χ1) is 11.7. The predicted octanol–water partition coefficient (Wildman–Crippen LogP) is 2.65. The van der Waals surface area contributed by atoms with Crippen molar-refractivity contribution >= 4 is 5.91 Å². The molecule has 124 valence electrons. The minimum Gasteiger partial charge on any atom is -0.484 e. The second-order valence-electron chi connectivity index (χ2n) is 5.41. The van der Waals surface area contributed by atoms with Crippen LogP contribution in [0.2, 0.25) is 0 Å². The van der Waals surface area contributed by atoms with Crippen molar-refractivity contribution in [2.45, 2.75) is 13.5 Å². The largest absolute Gasteiger partial charge is 0.484 e. The Morgan fingerprint density at radius 3 is 2.96 bits per heavy atom. The average Bonchev–Trinajstić information content (AvgIpc) is 3.25. The van der Waals surface area contributed by atoms with Crippen molar-refractivity contribution < 1.29 is 13.9 Å². The van der Waals surface area contributed by atoms with Gasteiger partial charge < -0.3 is 14.5 Å². The van der Waals surface area contributed by atoms with Crippen molar-refractivity contribution in [1.29, 1.82) is 0 Å². The van der Waals surface area contributed by atoms with E-state index in [1.807, 2.05) is 43.5 Å². The molecule has 24 heavy (non-hydrogen) atoms. The van der Waals surface area contributed by atoms with Gasteiger partial charge in [0.05, 0.1) is 25.3 Å². The highest BCUT2D eigenvalue weighted by atomic mass is 16.5. The normalized spacial score (nSPS) is 10.5. The number of aryl methyl sites for hydroxylation is 1. The third kappa shape index (κ3) is 4.04. The van der Waals surface area contributed by atoms with Gasteiger partial charge in [-0.2, -0.15) is 5.10 Å². The first-order valence-corrected chi connectivity index (χ1v) is 7.72. The number of furan rings is 1. The molecule has 0 fully saturated rings. The molecule has 0 bridgehead atoms. The quantitative estimate of drug-likeness (QED) is 0.725. The highest BCUT2D eigenvalue weighted by molar-refractivity contribution is 5.77. The molecule has 3 aromatic rings. The Kier molecular flexibility index (Phi) is 4.96. The van der Waals surface area contributed by atoms with Crippen LogP contribution in [0.1, 0.15) is 5.56 Å². The number of rotatable bonds is 7. The Hall–Kier alpha value is -3.02. The highest BCUT2D eigenvalue weighted by Crippen LogP contribution is 2.18. The number of benzene rings is 1. The molecule has 2 heterocycles. The summed E-state index contributed by atoms with van der Waals surface area (Å²) in [6, 6.07) is 9.50. The second-order valence-corrected chi connectivity index (χ2v) is 5.41. The molecule has 0 aliphatic carbocycles. The highest BCUT2D eigenvalue weighted by Gasteiger charge is 2.05. The van der Waals surface area contributed by atoms with Gasteiger partial charge in [0.15, 0.2) is 6.61 Å². The summed E-state index contributed by atoms with van der Waals surface area (Å²) in [5, 5.41) is 7.09. The summed E-state index contributed by atoms with van der Waals surface area (Å²) in [6.45, 7) is 3.03. The van der Waals surface area contributed by atoms with E-state index in [0.29, 0.717) is 13.1 Å². The standard InChI is InChI=1S/C18H19N3O3/c1-14-4-2-3-5-17(14)24-13-18(22)19-7-8-21-11-16(10-20-21)15-6-9-23-12-15/h2-6,9-12H,7-8,13H2,1H3,(H,19,22). The molecule has 1 N–H and O–H groups in total. The van der Waals surface area contributed by atoms with Crippen LogP contribution in [0.15, 0.2) is 59.7 Å².